The minimum Gasteiger partial charge on any atom is -0.309 e. The monoisotopic (exact) mass is 403 g/mol. The highest BCUT2D eigenvalue weighted by atomic mass is 16.1. The molecule has 0 aliphatic heterocycles. The molecule has 0 amide bonds. The lowest BCUT2D eigenvalue weighted by molar-refractivity contribution is -0.114. The third-order valence-corrected chi connectivity index (χ3v) is 4.39. The lowest BCUT2D eigenvalue weighted by atomic mass is 10.1. The number of hydrogen-bond acceptors (Lipinski definition) is 4. The standard InChI is InChI=1S/C10H24N2.C9H21N.C3H6O.C2H6/c1-7-11(5)10(4)8-12(6)9(2)3;1-4-5-6-7-8-9-10(2)3;1-3(2)4;1-2/h9-10H,7-8H2,1-6H3;4-9H2,1-3H3;1-2H3;1-2H3. The van der Waals surface area contributed by atoms with E-state index in [9.17, 15) is 4.79 Å². The molecule has 0 N–H and O–H groups in total. The van der Waals surface area contributed by atoms with Gasteiger partial charge in [0.05, 0.1) is 0 Å². The van der Waals surface area contributed by atoms with Crippen molar-refractivity contribution in [2.24, 2.45) is 0 Å². The summed E-state index contributed by atoms with van der Waals surface area (Å²) in [4.78, 5) is 16.5. The van der Waals surface area contributed by atoms with Gasteiger partial charge in [-0.2, -0.15) is 0 Å². The van der Waals surface area contributed by atoms with Crippen molar-refractivity contribution in [3.05, 3.63) is 0 Å². The van der Waals surface area contributed by atoms with E-state index >= 15 is 0 Å². The van der Waals surface area contributed by atoms with Crippen LogP contribution < -0.4 is 0 Å². The predicted molar refractivity (Wildman–Crippen MR) is 131 cm³/mol. The van der Waals surface area contributed by atoms with Crippen LogP contribution >= 0.6 is 0 Å². The molecular formula is C24H57N3O. The van der Waals surface area contributed by atoms with Gasteiger partial charge >= 0.3 is 0 Å². The number of ketones is 1. The molecule has 0 rings (SSSR count). The summed E-state index contributed by atoms with van der Waals surface area (Å²) in [5.74, 6) is 0.167. The van der Waals surface area contributed by atoms with Crippen LogP contribution in [0.3, 0.4) is 0 Å². The number of hydrogen-bond donors (Lipinski definition) is 0. The van der Waals surface area contributed by atoms with E-state index in [1.165, 1.54) is 52.5 Å². The number of rotatable bonds is 11. The Bertz CT molecular complexity index is 290. The third-order valence-electron chi connectivity index (χ3n) is 4.39. The molecule has 0 fully saturated rings. The molecule has 0 aliphatic carbocycles. The molecule has 0 aromatic heterocycles. The van der Waals surface area contributed by atoms with Crippen molar-refractivity contribution in [3.8, 4) is 0 Å². The molecule has 0 aromatic rings. The predicted octanol–water partition coefficient (Wildman–Crippen LogP) is 5.81. The molecule has 0 saturated carbocycles. The van der Waals surface area contributed by atoms with E-state index in [0.29, 0.717) is 12.1 Å². The van der Waals surface area contributed by atoms with Gasteiger partial charge in [-0.3, -0.25) is 0 Å². The van der Waals surface area contributed by atoms with E-state index in [1.54, 1.807) is 0 Å². The summed E-state index contributed by atoms with van der Waals surface area (Å²) in [7, 11) is 8.64. The highest BCUT2D eigenvalue weighted by Crippen LogP contribution is 2.02. The summed E-state index contributed by atoms with van der Waals surface area (Å²) < 4.78 is 0. The number of unbranched alkanes of at least 4 members (excludes halogenated alkanes) is 4. The summed E-state index contributed by atoms with van der Waals surface area (Å²) in [6.45, 7) is 21.8. The van der Waals surface area contributed by atoms with Crippen molar-refractivity contribution in [1.82, 2.24) is 14.7 Å². The maximum atomic E-state index is 9.44. The van der Waals surface area contributed by atoms with E-state index in [4.69, 9.17) is 0 Å². The molecular weight excluding hydrogens is 346 g/mol. The first kappa shape index (κ1) is 35.0. The van der Waals surface area contributed by atoms with Crippen LogP contribution in [0.1, 0.15) is 94.4 Å². The van der Waals surface area contributed by atoms with Crippen LogP contribution in [0.4, 0.5) is 0 Å². The topological polar surface area (TPSA) is 26.8 Å². The molecule has 4 nitrogen and oxygen atoms in total. The minimum atomic E-state index is 0.167. The Kier molecular flexibility index (Phi) is 33.2. The number of nitrogens with zero attached hydrogens (tertiary/aromatic N) is 3. The normalized spacial score (nSPS) is 11.3. The van der Waals surface area contributed by atoms with E-state index in [-0.39, 0.29) is 5.78 Å². The molecule has 0 heterocycles. The van der Waals surface area contributed by atoms with Gasteiger partial charge in [-0.1, -0.05) is 53.4 Å². The zero-order valence-electron chi connectivity index (χ0n) is 22.1. The summed E-state index contributed by atoms with van der Waals surface area (Å²) in [6.07, 6.45) is 6.96. The first-order chi connectivity index (χ1) is 13.0. The number of likely N-dealkylation sites (N-methyl/N-ethyl adjacent to an activating group) is 2. The molecule has 0 bridgehead atoms. The fourth-order valence-corrected chi connectivity index (χ4v) is 2.11. The Hall–Kier alpha value is -0.450. The molecule has 4 heteroatoms. The van der Waals surface area contributed by atoms with E-state index < -0.39 is 0 Å². The number of carbonyl (C=O) groups is 1. The van der Waals surface area contributed by atoms with Gasteiger partial charge in [0.15, 0.2) is 0 Å². The summed E-state index contributed by atoms with van der Waals surface area (Å²) in [5, 5.41) is 0. The Labute approximate surface area is 180 Å². The van der Waals surface area contributed by atoms with Crippen molar-refractivity contribution < 1.29 is 4.79 Å². The first-order valence-corrected chi connectivity index (χ1v) is 11.5. The zero-order chi connectivity index (χ0) is 23.1. The molecule has 0 aromatic carbocycles. The zero-order valence-corrected chi connectivity index (χ0v) is 22.1. The lowest BCUT2D eigenvalue weighted by Crippen LogP contribution is -2.41. The average Bonchev–Trinajstić information content (AvgIpc) is 2.62. The summed E-state index contributed by atoms with van der Waals surface area (Å²) >= 11 is 0. The molecule has 1 atom stereocenters. The average molecular weight is 404 g/mol. The highest BCUT2D eigenvalue weighted by Gasteiger charge is 2.11. The van der Waals surface area contributed by atoms with Gasteiger partial charge in [-0.25, -0.2) is 0 Å². The number of carbonyl (C=O) groups excluding carboxylic acids is 1. The van der Waals surface area contributed by atoms with Gasteiger partial charge in [0, 0.05) is 18.6 Å². The minimum absolute atomic E-state index is 0.167. The molecule has 0 saturated heterocycles. The van der Waals surface area contributed by atoms with Crippen molar-refractivity contribution in [2.45, 2.75) is 107 Å². The van der Waals surface area contributed by atoms with Gasteiger partial charge in [0.25, 0.3) is 0 Å². The Morgan fingerprint density at radius 2 is 1.21 bits per heavy atom. The van der Waals surface area contributed by atoms with Crippen molar-refractivity contribution in [3.63, 3.8) is 0 Å². The van der Waals surface area contributed by atoms with Crippen LogP contribution in [-0.4, -0.2) is 80.4 Å². The van der Waals surface area contributed by atoms with Crippen LogP contribution in [-0.2, 0) is 4.79 Å². The van der Waals surface area contributed by atoms with Crippen molar-refractivity contribution in [1.29, 1.82) is 0 Å². The maximum absolute atomic E-state index is 9.44. The van der Waals surface area contributed by atoms with Gasteiger partial charge < -0.3 is 19.5 Å². The van der Waals surface area contributed by atoms with Crippen LogP contribution in [0.15, 0.2) is 0 Å². The molecule has 0 radical (unpaired) electrons. The van der Waals surface area contributed by atoms with Crippen LogP contribution in [0.2, 0.25) is 0 Å². The van der Waals surface area contributed by atoms with E-state index in [0.717, 1.165) is 13.1 Å². The lowest BCUT2D eigenvalue weighted by Gasteiger charge is -2.30. The Morgan fingerprint density at radius 1 is 0.786 bits per heavy atom. The highest BCUT2D eigenvalue weighted by molar-refractivity contribution is 5.72. The van der Waals surface area contributed by atoms with Gasteiger partial charge in [-0.05, 0) is 82.3 Å². The fourth-order valence-electron chi connectivity index (χ4n) is 2.11. The summed E-state index contributed by atoms with van der Waals surface area (Å²) in [6, 6.07) is 1.31. The van der Waals surface area contributed by atoms with Crippen LogP contribution in [0.5, 0.6) is 0 Å². The molecule has 174 valence electrons. The van der Waals surface area contributed by atoms with Gasteiger partial charge in [-0.15, -0.1) is 0 Å². The maximum Gasteiger partial charge on any atom is 0.126 e. The third kappa shape index (κ3) is 36.5. The van der Waals surface area contributed by atoms with Gasteiger partial charge in [0.2, 0.25) is 0 Å². The van der Waals surface area contributed by atoms with Gasteiger partial charge in [0.1, 0.15) is 5.78 Å². The quantitative estimate of drug-likeness (QED) is 0.407. The van der Waals surface area contributed by atoms with Crippen molar-refractivity contribution in [2.75, 3.05) is 47.8 Å². The Balaban J connectivity index is -0.000000162. The second-order valence-electron chi connectivity index (χ2n) is 8.08. The van der Waals surface area contributed by atoms with Crippen LogP contribution in [0.25, 0.3) is 0 Å². The SMILES string of the molecule is CC.CC(C)=O.CCCCCCCN(C)C.CCN(C)C(C)CN(C)C(C)C. The smallest absolute Gasteiger partial charge is 0.126 e. The second-order valence-corrected chi connectivity index (χ2v) is 8.08. The largest absolute Gasteiger partial charge is 0.309 e. The molecule has 0 spiro atoms. The fraction of sp³-hybridized carbons (Fsp3) is 0.958. The van der Waals surface area contributed by atoms with Crippen molar-refractivity contribution >= 4 is 5.78 Å². The Morgan fingerprint density at radius 3 is 1.54 bits per heavy atom. The first-order valence-electron chi connectivity index (χ1n) is 11.5. The molecule has 0 aliphatic rings. The van der Waals surface area contributed by atoms with E-state index in [2.05, 4.69) is 77.5 Å². The molecule has 28 heavy (non-hydrogen) atoms. The summed E-state index contributed by atoms with van der Waals surface area (Å²) in [5.41, 5.74) is 0. The number of Topliss-reactive ketones (excluding diaryl/α,β-unsaturated/α-hetero) is 1. The van der Waals surface area contributed by atoms with Crippen LogP contribution in [0, 0.1) is 0 Å². The molecule has 1 unspecified atom stereocenters. The second kappa shape index (κ2) is 26.6. The van der Waals surface area contributed by atoms with E-state index in [1.807, 2.05) is 13.8 Å².